The fourth-order valence-electron chi connectivity index (χ4n) is 10.8. The second-order valence-corrected chi connectivity index (χ2v) is 16.9. The lowest BCUT2D eigenvalue weighted by atomic mass is 9.64. The number of para-hydroxylation sites is 5. The van der Waals surface area contributed by atoms with Crippen molar-refractivity contribution in [3.8, 4) is 33.4 Å². The van der Waals surface area contributed by atoms with Gasteiger partial charge in [0.05, 0.1) is 16.8 Å². The van der Waals surface area contributed by atoms with E-state index in [0.29, 0.717) is 0 Å². The minimum Gasteiger partial charge on any atom is -0.310 e. The van der Waals surface area contributed by atoms with E-state index in [0.717, 1.165) is 22.7 Å². The van der Waals surface area contributed by atoms with Crippen LogP contribution in [0.1, 0.15) is 47.2 Å². The van der Waals surface area contributed by atoms with E-state index >= 15 is 0 Å². The summed E-state index contributed by atoms with van der Waals surface area (Å²) >= 11 is 0. The van der Waals surface area contributed by atoms with Gasteiger partial charge in [0.1, 0.15) is 0 Å². The summed E-state index contributed by atoms with van der Waals surface area (Å²) < 4.78 is 0. The molecule has 0 aromatic heterocycles. The Morgan fingerprint density at radius 3 is 1.45 bits per heavy atom. The number of rotatable bonds is 5. The molecule has 1 aliphatic heterocycles. The Kier molecular flexibility index (Phi) is 7.52. The van der Waals surface area contributed by atoms with E-state index in [1.54, 1.807) is 0 Å². The van der Waals surface area contributed by atoms with Crippen molar-refractivity contribution in [3.05, 3.63) is 252 Å². The molecule has 0 bridgehead atoms. The summed E-state index contributed by atoms with van der Waals surface area (Å²) in [4.78, 5) is 4.81. The molecule has 1 spiro atoms. The van der Waals surface area contributed by atoms with Crippen molar-refractivity contribution >= 4 is 34.1 Å². The topological polar surface area (TPSA) is 6.48 Å². The summed E-state index contributed by atoms with van der Waals surface area (Å²) in [6.45, 7) is 4.78. The molecule has 2 aliphatic carbocycles. The fourth-order valence-corrected chi connectivity index (χ4v) is 10.8. The van der Waals surface area contributed by atoms with Crippen molar-refractivity contribution in [3.63, 3.8) is 0 Å². The van der Waals surface area contributed by atoms with Crippen molar-refractivity contribution in [2.75, 3.05) is 9.80 Å². The molecule has 3 aliphatic rings. The molecule has 9 aromatic carbocycles. The lowest BCUT2D eigenvalue weighted by molar-refractivity contribution is 0.660. The Bertz CT molecular complexity index is 3040. The molecule has 2 heteroatoms. The molecule has 0 radical (unpaired) electrons. The third-order valence-electron chi connectivity index (χ3n) is 13.4. The maximum atomic E-state index is 2.46. The molecule has 0 atom stereocenters. The first kappa shape index (κ1) is 34.6. The van der Waals surface area contributed by atoms with Crippen LogP contribution in [0.15, 0.2) is 218 Å². The van der Waals surface area contributed by atoms with Crippen LogP contribution in [0, 0.1) is 0 Å². The van der Waals surface area contributed by atoms with Crippen molar-refractivity contribution < 1.29 is 0 Å². The molecule has 2 nitrogen and oxygen atoms in total. The van der Waals surface area contributed by atoms with Crippen LogP contribution in [0.25, 0.3) is 33.4 Å². The average molecular weight is 767 g/mol. The van der Waals surface area contributed by atoms with E-state index in [2.05, 4.69) is 242 Å². The highest BCUT2D eigenvalue weighted by molar-refractivity contribution is 5.97. The summed E-state index contributed by atoms with van der Waals surface area (Å²) in [5.74, 6) is 0. The quantitative estimate of drug-likeness (QED) is 0.172. The van der Waals surface area contributed by atoms with E-state index < -0.39 is 5.41 Å². The Morgan fingerprint density at radius 1 is 0.333 bits per heavy atom. The van der Waals surface area contributed by atoms with Gasteiger partial charge >= 0.3 is 0 Å². The number of hydrogen-bond donors (Lipinski definition) is 0. The van der Waals surface area contributed by atoms with Gasteiger partial charge < -0.3 is 9.80 Å². The second-order valence-electron chi connectivity index (χ2n) is 16.9. The predicted molar refractivity (Wildman–Crippen MR) is 250 cm³/mol. The highest BCUT2D eigenvalue weighted by Crippen LogP contribution is 2.63. The Balaban J connectivity index is 0.985. The van der Waals surface area contributed by atoms with Gasteiger partial charge in [0.25, 0.3) is 0 Å². The first-order chi connectivity index (χ1) is 29.5. The van der Waals surface area contributed by atoms with Gasteiger partial charge in [0.2, 0.25) is 0 Å². The molecule has 0 amide bonds. The molecular formula is C58H42N2. The number of hydrogen-bond acceptors (Lipinski definition) is 2. The van der Waals surface area contributed by atoms with Gasteiger partial charge in [-0.3, -0.25) is 0 Å². The molecule has 0 fully saturated rings. The molecular weight excluding hydrogens is 725 g/mol. The average Bonchev–Trinajstić information content (AvgIpc) is 3.72. The van der Waals surface area contributed by atoms with Crippen LogP contribution in [0.3, 0.4) is 0 Å². The Morgan fingerprint density at radius 2 is 0.800 bits per heavy atom. The molecule has 1 heterocycles. The lowest BCUT2D eigenvalue weighted by Gasteiger charge is -2.45. The first-order valence-corrected chi connectivity index (χ1v) is 21.0. The lowest BCUT2D eigenvalue weighted by Crippen LogP contribution is -2.36. The van der Waals surface area contributed by atoms with Gasteiger partial charge in [-0.25, -0.2) is 0 Å². The van der Waals surface area contributed by atoms with E-state index in [4.69, 9.17) is 0 Å². The van der Waals surface area contributed by atoms with Crippen LogP contribution >= 0.6 is 0 Å². The summed E-state index contributed by atoms with van der Waals surface area (Å²) in [5.41, 5.74) is 22.1. The molecule has 0 saturated carbocycles. The van der Waals surface area contributed by atoms with Crippen molar-refractivity contribution in [1.29, 1.82) is 0 Å². The highest BCUT2D eigenvalue weighted by atomic mass is 15.2. The summed E-state index contributed by atoms with van der Waals surface area (Å²) in [6.07, 6.45) is 0. The minimum absolute atomic E-state index is 0.191. The second kappa shape index (κ2) is 13.0. The van der Waals surface area contributed by atoms with Crippen molar-refractivity contribution in [2.45, 2.75) is 24.7 Å². The number of fused-ring (bicyclic) bond motifs is 12. The molecule has 284 valence electrons. The van der Waals surface area contributed by atoms with Crippen LogP contribution in [-0.4, -0.2) is 0 Å². The molecule has 9 aromatic rings. The molecule has 12 rings (SSSR count). The van der Waals surface area contributed by atoms with E-state index in [1.165, 1.54) is 78.1 Å². The Labute approximate surface area is 352 Å². The predicted octanol–water partition coefficient (Wildman–Crippen LogP) is 15.3. The van der Waals surface area contributed by atoms with Gasteiger partial charge in [-0.1, -0.05) is 159 Å². The van der Waals surface area contributed by atoms with E-state index in [-0.39, 0.29) is 5.41 Å². The summed E-state index contributed by atoms with van der Waals surface area (Å²) in [7, 11) is 0. The maximum absolute atomic E-state index is 2.46. The number of nitrogens with zero attached hydrogens (tertiary/aromatic N) is 2. The first-order valence-electron chi connectivity index (χ1n) is 21.0. The largest absolute Gasteiger partial charge is 0.310 e. The Hall–Kier alpha value is -7.42. The third kappa shape index (κ3) is 4.82. The van der Waals surface area contributed by atoms with Crippen LogP contribution in [-0.2, 0) is 10.8 Å². The van der Waals surface area contributed by atoms with Crippen LogP contribution in [0.5, 0.6) is 0 Å². The van der Waals surface area contributed by atoms with Gasteiger partial charge in [-0.05, 0) is 140 Å². The van der Waals surface area contributed by atoms with Gasteiger partial charge in [0, 0.05) is 28.2 Å². The maximum Gasteiger partial charge on any atom is 0.0754 e. The zero-order valence-electron chi connectivity index (χ0n) is 33.7. The standard InChI is InChI=1S/C58H42N2/c1-57(2)53-37-40(30-33-46(53)47-34-32-44(38-54(47)57)59(41-18-6-3-7-19-41)42-20-8-4-9-21-42)39-31-35-50-48(36-39)45-24-12-13-25-49(45)58(50)51-26-14-16-28-55(51)60(43-22-10-5-11-23-43)56-29-17-15-27-52(56)58/h3-38H,1-2H3. The zero-order chi connectivity index (χ0) is 40.0. The van der Waals surface area contributed by atoms with Crippen molar-refractivity contribution in [1.82, 2.24) is 0 Å². The summed E-state index contributed by atoms with van der Waals surface area (Å²) in [6, 6.07) is 80.8. The number of benzene rings is 9. The van der Waals surface area contributed by atoms with Crippen LogP contribution in [0.2, 0.25) is 0 Å². The molecule has 0 unspecified atom stereocenters. The van der Waals surface area contributed by atoms with E-state index in [9.17, 15) is 0 Å². The zero-order valence-corrected chi connectivity index (χ0v) is 33.7. The highest BCUT2D eigenvalue weighted by Gasteiger charge is 2.51. The van der Waals surface area contributed by atoms with Crippen LogP contribution in [0.4, 0.5) is 34.1 Å². The fraction of sp³-hybridized carbons (Fsp3) is 0.0690. The normalized spacial score (nSPS) is 14.4. The monoisotopic (exact) mass is 766 g/mol. The molecule has 0 N–H and O–H groups in total. The minimum atomic E-state index is -0.463. The third-order valence-corrected chi connectivity index (χ3v) is 13.4. The van der Waals surface area contributed by atoms with Crippen molar-refractivity contribution in [2.24, 2.45) is 0 Å². The van der Waals surface area contributed by atoms with Crippen LogP contribution < -0.4 is 9.80 Å². The van der Waals surface area contributed by atoms with Gasteiger partial charge in [-0.15, -0.1) is 0 Å². The molecule has 0 saturated heterocycles. The van der Waals surface area contributed by atoms with Gasteiger partial charge in [0.15, 0.2) is 0 Å². The SMILES string of the molecule is CC1(C)c2cc(-c3ccc4c(c3)-c3ccccc3C43c4ccccc4N(c4ccccc4)c4ccccc43)ccc2-c2ccc(N(c3ccccc3)c3ccccc3)cc21. The van der Waals surface area contributed by atoms with E-state index in [1.807, 2.05) is 0 Å². The molecule has 60 heavy (non-hydrogen) atoms. The number of anilines is 6. The van der Waals surface area contributed by atoms with Gasteiger partial charge in [-0.2, -0.15) is 0 Å². The smallest absolute Gasteiger partial charge is 0.0754 e. The summed E-state index contributed by atoms with van der Waals surface area (Å²) in [5, 5.41) is 0.